The summed E-state index contributed by atoms with van der Waals surface area (Å²) < 4.78 is 38.9. The molecule has 174 valence electrons. The highest BCUT2D eigenvalue weighted by Crippen LogP contribution is 2.47. The van der Waals surface area contributed by atoms with Gasteiger partial charge in [-0.05, 0) is 60.4 Å². The van der Waals surface area contributed by atoms with E-state index in [2.05, 4.69) is 0 Å². The van der Waals surface area contributed by atoms with Crippen molar-refractivity contribution in [3.63, 3.8) is 0 Å². The summed E-state index contributed by atoms with van der Waals surface area (Å²) in [5.41, 5.74) is 0.722. The molecule has 0 aromatic heterocycles. The van der Waals surface area contributed by atoms with Crippen molar-refractivity contribution in [2.75, 3.05) is 16.2 Å². The summed E-state index contributed by atoms with van der Waals surface area (Å²) in [7, 11) is 0. The summed E-state index contributed by atoms with van der Waals surface area (Å²) in [6.45, 7) is 0. The van der Waals surface area contributed by atoms with Crippen molar-refractivity contribution in [2.45, 2.75) is 23.2 Å². The topological polar surface area (TPSA) is 49.9 Å². The number of anilines is 2. The van der Waals surface area contributed by atoms with Gasteiger partial charge in [-0.15, -0.1) is 11.8 Å². The number of benzene rings is 3. The first-order valence-electron chi connectivity index (χ1n) is 10.5. The molecule has 2 amide bonds. The van der Waals surface area contributed by atoms with Gasteiger partial charge in [0, 0.05) is 4.90 Å². The third kappa shape index (κ3) is 3.74. The van der Waals surface area contributed by atoms with E-state index in [-0.39, 0.29) is 5.69 Å². The molecule has 0 aliphatic carbocycles. The van der Waals surface area contributed by atoms with E-state index in [4.69, 9.17) is 4.84 Å². The zero-order valence-electron chi connectivity index (χ0n) is 17.9. The fourth-order valence-electron chi connectivity index (χ4n) is 4.41. The van der Waals surface area contributed by atoms with Gasteiger partial charge in [0.25, 0.3) is 5.91 Å². The lowest BCUT2D eigenvalue weighted by Gasteiger charge is -2.29. The van der Waals surface area contributed by atoms with Crippen LogP contribution in [0.1, 0.15) is 17.2 Å². The number of halogens is 3. The van der Waals surface area contributed by atoms with Gasteiger partial charge >= 0.3 is 6.18 Å². The van der Waals surface area contributed by atoms with E-state index in [9.17, 15) is 22.8 Å². The summed E-state index contributed by atoms with van der Waals surface area (Å²) in [6, 6.07) is 20.2. The molecule has 3 aromatic carbocycles. The Labute approximate surface area is 198 Å². The van der Waals surface area contributed by atoms with E-state index in [1.807, 2.05) is 60.9 Å². The molecule has 0 saturated carbocycles. The van der Waals surface area contributed by atoms with Crippen LogP contribution in [0.15, 0.2) is 83.8 Å². The van der Waals surface area contributed by atoms with Gasteiger partial charge in [-0.1, -0.05) is 30.3 Å². The number of imide groups is 1. The van der Waals surface area contributed by atoms with E-state index in [0.29, 0.717) is 5.69 Å². The lowest BCUT2D eigenvalue weighted by Crippen LogP contribution is -2.37. The molecular weight excluding hydrogens is 465 g/mol. The molecule has 2 heterocycles. The van der Waals surface area contributed by atoms with Crippen LogP contribution >= 0.6 is 11.8 Å². The minimum absolute atomic E-state index is 0.0868. The number of fused-ring (bicyclic) bond motifs is 1. The number of alkyl halides is 3. The fourth-order valence-corrected chi connectivity index (χ4v) is 4.82. The molecule has 0 bridgehead atoms. The predicted octanol–water partition coefficient (Wildman–Crippen LogP) is 5.48. The van der Waals surface area contributed by atoms with Crippen molar-refractivity contribution in [3.05, 3.63) is 90.0 Å². The molecule has 34 heavy (non-hydrogen) atoms. The summed E-state index contributed by atoms with van der Waals surface area (Å²) in [5.74, 6) is -1.96. The maximum Gasteiger partial charge on any atom is 0.416 e. The molecule has 5 rings (SSSR count). The molecule has 2 fully saturated rings. The molecular formula is C25H19F3N2O3S. The minimum Gasteiger partial charge on any atom is -0.273 e. The first-order chi connectivity index (χ1) is 16.3. The van der Waals surface area contributed by atoms with Crippen molar-refractivity contribution < 1.29 is 27.6 Å². The Kier molecular flexibility index (Phi) is 5.61. The molecule has 0 N–H and O–H groups in total. The first-order valence-corrected chi connectivity index (χ1v) is 11.7. The number of rotatable bonds is 4. The van der Waals surface area contributed by atoms with Gasteiger partial charge < -0.3 is 0 Å². The smallest absolute Gasteiger partial charge is 0.273 e. The van der Waals surface area contributed by atoms with Crippen molar-refractivity contribution >= 4 is 35.0 Å². The second-order valence-corrected chi connectivity index (χ2v) is 8.87. The molecule has 3 aromatic rings. The summed E-state index contributed by atoms with van der Waals surface area (Å²) >= 11 is 1.58. The van der Waals surface area contributed by atoms with Crippen LogP contribution in [-0.2, 0) is 20.6 Å². The van der Waals surface area contributed by atoms with Crippen LogP contribution in [-0.4, -0.2) is 24.2 Å². The van der Waals surface area contributed by atoms with Crippen LogP contribution in [0.3, 0.4) is 0 Å². The van der Waals surface area contributed by atoms with Crippen molar-refractivity contribution in [3.8, 4) is 0 Å². The highest BCUT2D eigenvalue weighted by atomic mass is 32.2. The van der Waals surface area contributed by atoms with Crippen LogP contribution in [0.2, 0.25) is 0 Å². The van der Waals surface area contributed by atoms with Crippen molar-refractivity contribution in [1.82, 2.24) is 0 Å². The number of para-hydroxylation sites is 1. The Hall–Kier alpha value is -3.30. The van der Waals surface area contributed by atoms with Crippen LogP contribution in [0.25, 0.3) is 0 Å². The van der Waals surface area contributed by atoms with Gasteiger partial charge in [0.15, 0.2) is 6.10 Å². The third-order valence-corrected chi connectivity index (χ3v) is 6.78. The van der Waals surface area contributed by atoms with E-state index in [0.717, 1.165) is 39.6 Å². The monoisotopic (exact) mass is 484 g/mol. The fraction of sp³-hybridized carbons (Fsp3) is 0.200. The maximum atomic E-state index is 13.5. The molecule has 0 radical (unpaired) electrons. The maximum absolute atomic E-state index is 13.5. The lowest BCUT2D eigenvalue weighted by atomic mass is 9.90. The number of carbonyl (C=O) groups excluding carboxylic acids is 2. The standard InChI is InChI=1S/C25H19F3N2O3S/c1-34-19-13-7-15(8-14-19)21-20-22(33-30(21)18-5-3-2-4-6-18)24(32)29(23(20)31)17-11-9-16(10-12-17)25(26,27)28/h2-14,20-22H,1H3/t20-,21+,22-/m0/s1. The Bertz CT molecular complexity index is 1220. The van der Waals surface area contributed by atoms with E-state index < -0.39 is 41.6 Å². The van der Waals surface area contributed by atoms with Crippen molar-refractivity contribution in [2.24, 2.45) is 5.92 Å². The number of hydroxylamine groups is 1. The normalized spacial score (nSPS) is 22.4. The number of nitrogens with zero attached hydrogens (tertiary/aromatic N) is 2. The Balaban J connectivity index is 1.53. The number of amides is 2. The van der Waals surface area contributed by atoms with Crippen LogP contribution < -0.4 is 9.96 Å². The van der Waals surface area contributed by atoms with Gasteiger partial charge in [-0.25, -0.2) is 9.96 Å². The van der Waals surface area contributed by atoms with Crippen LogP contribution in [0.5, 0.6) is 0 Å². The highest BCUT2D eigenvalue weighted by molar-refractivity contribution is 7.98. The van der Waals surface area contributed by atoms with Gasteiger partial charge in [-0.2, -0.15) is 13.2 Å². The molecule has 9 heteroatoms. The number of hydrogen-bond donors (Lipinski definition) is 0. The number of carbonyl (C=O) groups is 2. The Morgan fingerprint density at radius 2 is 1.47 bits per heavy atom. The molecule has 0 spiro atoms. The van der Waals surface area contributed by atoms with Gasteiger partial charge in [0.1, 0.15) is 5.92 Å². The Morgan fingerprint density at radius 1 is 0.824 bits per heavy atom. The van der Waals surface area contributed by atoms with Crippen LogP contribution in [0, 0.1) is 5.92 Å². The molecule has 2 aliphatic rings. The SMILES string of the molecule is CSc1ccc([C@@H]2[C@@H]3C(=O)N(c4ccc(C(F)(F)F)cc4)C(=O)[C@H]3ON2c2ccccc2)cc1. The second-order valence-electron chi connectivity index (χ2n) is 7.99. The summed E-state index contributed by atoms with van der Waals surface area (Å²) in [4.78, 5) is 34.8. The molecule has 3 atom stereocenters. The summed E-state index contributed by atoms with van der Waals surface area (Å²) in [5, 5.41) is 1.59. The molecule has 5 nitrogen and oxygen atoms in total. The Morgan fingerprint density at radius 3 is 2.06 bits per heavy atom. The lowest BCUT2D eigenvalue weighted by molar-refractivity contribution is -0.137. The third-order valence-electron chi connectivity index (χ3n) is 6.04. The largest absolute Gasteiger partial charge is 0.416 e. The predicted molar refractivity (Wildman–Crippen MR) is 122 cm³/mol. The van der Waals surface area contributed by atoms with Crippen molar-refractivity contribution in [1.29, 1.82) is 0 Å². The van der Waals surface area contributed by atoms with Gasteiger partial charge in [0.2, 0.25) is 5.91 Å². The number of thioether (sulfide) groups is 1. The van der Waals surface area contributed by atoms with Crippen LogP contribution in [0.4, 0.5) is 24.5 Å². The quantitative estimate of drug-likeness (QED) is 0.363. The zero-order chi connectivity index (χ0) is 24.0. The first kappa shape index (κ1) is 22.5. The minimum atomic E-state index is -4.51. The van der Waals surface area contributed by atoms with E-state index >= 15 is 0 Å². The summed E-state index contributed by atoms with van der Waals surface area (Å²) in [6.07, 6.45) is -3.64. The highest BCUT2D eigenvalue weighted by Gasteiger charge is 2.60. The number of hydrogen-bond acceptors (Lipinski definition) is 5. The van der Waals surface area contributed by atoms with E-state index in [1.54, 1.807) is 16.8 Å². The second kappa shape index (κ2) is 8.48. The van der Waals surface area contributed by atoms with Gasteiger partial charge in [0.05, 0.1) is 23.0 Å². The van der Waals surface area contributed by atoms with Gasteiger partial charge in [-0.3, -0.25) is 14.4 Å². The average molecular weight is 484 g/mol. The molecule has 2 saturated heterocycles. The van der Waals surface area contributed by atoms with E-state index in [1.165, 1.54) is 0 Å². The average Bonchev–Trinajstić information content (AvgIpc) is 3.35. The zero-order valence-corrected chi connectivity index (χ0v) is 18.7. The molecule has 0 unspecified atom stereocenters. The molecule has 2 aliphatic heterocycles.